The number of aromatic nitrogens is 1. The van der Waals surface area contributed by atoms with Gasteiger partial charge in [0.25, 0.3) is 5.91 Å². The summed E-state index contributed by atoms with van der Waals surface area (Å²) < 4.78 is 5.04. The molecule has 24 heavy (non-hydrogen) atoms. The summed E-state index contributed by atoms with van der Waals surface area (Å²) in [5.74, 6) is 0.467. The Bertz CT molecular complexity index is 813. The van der Waals surface area contributed by atoms with Gasteiger partial charge in [0, 0.05) is 6.07 Å². The van der Waals surface area contributed by atoms with Gasteiger partial charge in [-0.2, -0.15) is 0 Å². The van der Waals surface area contributed by atoms with Crippen molar-refractivity contribution in [1.29, 1.82) is 0 Å². The maximum Gasteiger partial charge on any atom is 0.325 e. The fourth-order valence-electron chi connectivity index (χ4n) is 3.77. The van der Waals surface area contributed by atoms with Gasteiger partial charge < -0.3 is 9.84 Å². The topological polar surface area (TPSA) is 75.4 Å². The zero-order chi connectivity index (χ0) is 16.7. The second kappa shape index (κ2) is 5.47. The third-order valence-electron chi connectivity index (χ3n) is 4.90. The fraction of sp³-hybridized carbons (Fsp3) is 0.389. The van der Waals surface area contributed by atoms with Gasteiger partial charge >= 0.3 is 6.03 Å². The van der Waals surface area contributed by atoms with Crippen LogP contribution in [0.15, 0.2) is 34.9 Å². The molecular weight excluding hydrogens is 306 g/mol. The lowest BCUT2D eigenvalue weighted by Gasteiger charge is -2.27. The molecule has 1 atom stereocenters. The van der Waals surface area contributed by atoms with Crippen molar-refractivity contribution in [2.24, 2.45) is 0 Å². The third-order valence-corrected chi connectivity index (χ3v) is 4.90. The quantitative estimate of drug-likeness (QED) is 0.861. The molecule has 3 amide bonds. The second-order valence-electron chi connectivity index (χ2n) is 6.52. The van der Waals surface area contributed by atoms with Crippen molar-refractivity contribution in [2.75, 3.05) is 0 Å². The summed E-state index contributed by atoms with van der Waals surface area (Å²) in [4.78, 5) is 27.0. The Balaban J connectivity index is 1.72. The Kier molecular flexibility index (Phi) is 3.40. The number of hydrogen-bond acceptors (Lipinski definition) is 4. The molecule has 2 aliphatic rings. The summed E-state index contributed by atoms with van der Waals surface area (Å²) in [6, 6.07) is 9.29. The van der Waals surface area contributed by atoms with E-state index >= 15 is 0 Å². The van der Waals surface area contributed by atoms with E-state index in [9.17, 15) is 9.59 Å². The zero-order valence-corrected chi connectivity index (χ0v) is 13.5. The van der Waals surface area contributed by atoms with Crippen LogP contribution in [0.25, 0.3) is 0 Å². The Morgan fingerprint density at radius 3 is 2.92 bits per heavy atom. The van der Waals surface area contributed by atoms with Crippen LogP contribution in [-0.2, 0) is 23.3 Å². The molecule has 4 rings (SSSR count). The Hall–Kier alpha value is -2.63. The largest absolute Gasteiger partial charge is 0.361 e. The van der Waals surface area contributed by atoms with Crippen molar-refractivity contribution >= 4 is 11.9 Å². The van der Waals surface area contributed by atoms with E-state index in [1.165, 1.54) is 4.90 Å². The van der Waals surface area contributed by atoms with Crippen LogP contribution in [0.3, 0.4) is 0 Å². The molecule has 1 spiro atoms. The van der Waals surface area contributed by atoms with Crippen LogP contribution in [0, 0.1) is 6.92 Å². The van der Waals surface area contributed by atoms with Crippen molar-refractivity contribution < 1.29 is 14.1 Å². The first kappa shape index (κ1) is 14.9. The van der Waals surface area contributed by atoms with Crippen LogP contribution in [0.4, 0.5) is 4.79 Å². The SMILES string of the molecule is Cc1cc(CN2C(=O)N[C@]3(CCCCc4ccccc43)C2=O)no1. The molecule has 1 aromatic carbocycles. The summed E-state index contributed by atoms with van der Waals surface area (Å²) in [6.45, 7) is 1.91. The first-order valence-electron chi connectivity index (χ1n) is 8.25. The highest BCUT2D eigenvalue weighted by molar-refractivity contribution is 6.07. The Labute approximate surface area is 139 Å². The molecule has 0 bridgehead atoms. The standard InChI is InChI=1S/C18H19N3O3/c1-12-10-14(20-24-12)11-21-16(22)18(19-17(21)23)9-5-4-7-13-6-2-3-8-15(13)18/h2-3,6,8,10H,4-5,7,9,11H2,1H3,(H,19,23)/t18-/m0/s1. The normalized spacial score (nSPS) is 23.3. The minimum absolute atomic E-state index is 0.131. The second-order valence-corrected chi connectivity index (χ2v) is 6.52. The van der Waals surface area contributed by atoms with Gasteiger partial charge in [-0.3, -0.25) is 9.69 Å². The Morgan fingerprint density at radius 2 is 2.12 bits per heavy atom. The maximum absolute atomic E-state index is 13.2. The minimum atomic E-state index is -0.942. The van der Waals surface area contributed by atoms with Crippen molar-refractivity contribution in [3.63, 3.8) is 0 Å². The number of aryl methyl sites for hydroxylation is 2. The van der Waals surface area contributed by atoms with Crippen LogP contribution in [-0.4, -0.2) is 22.0 Å². The van der Waals surface area contributed by atoms with Crippen molar-refractivity contribution in [1.82, 2.24) is 15.4 Å². The van der Waals surface area contributed by atoms with E-state index in [4.69, 9.17) is 4.52 Å². The van der Waals surface area contributed by atoms with E-state index in [1.807, 2.05) is 24.3 Å². The lowest BCUT2D eigenvalue weighted by atomic mass is 9.84. The number of carbonyl (C=O) groups excluding carboxylic acids is 2. The molecule has 1 aliphatic heterocycles. The zero-order valence-electron chi connectivity index (χ0n) is 13.5. The molecule has 1 N–H and O–H groups in total. The van der Waals surface area contributed by atoms with Crippen molar-refractivity contribution in [3.8, 4) is 0 Å². The molecule has 2 aromatic rings. The van der Waals surface area contributed by atoms with Gasteiger partial charge in [0.05, 0.1) is 6.54 Å². The molecule has 0 radical (unpaired) electrons. The number of hydrogen-bond donors (Lipinski definition) is 1. The van der Waals surface area contributed by atoms with Crippen molar-refractivity contribution in [2.45, 2.75) is 44.7 Å². The summed E-state index contributed by atoms with van der Waals surface area (Å²) in [5, 5.41) is 6.87. The van der Waals surface area contributed by atoms with Gasteiger partial charge in [0.15, 0.2) is 0 Å². The number of fused-ring (bicyclic) bond motifs is 2. The molecule has 124 valence electrons. The average Bonchev–Trinajstić information content (AvgIpc) is 3.01. The molecule has 1 saturated heterocycles. The number of carbonyl (C=O) groups is 2. The number of nitrogens with one attached hydrogen (secondary N) is 1. The van der Waals surface area contributed by atoms with Gasteiger partial charge in [0.2, 0.25) is 0 Å². The number of amides is 3. The van der Waals surface area contributed by atoms with Crippen LogP contribution < -0.4 is 5.32 Å². The van der Waals surface area contributed by atoms with Crippen LogP contribution in [0.2, 0.25) is 0 Å². The van der Waals surface area contributed by atoms with Crippen LogP contribution in [0.5, 0.6) is 0 Å². The van der Waals surface area contributed by atoms with E-state index in [0.29, 0.717) is 17.9 Å². The van der Waals surface area contributed by atoms with E-state index < -0.39 is 5.54 Å². The smallest absolute Gasteiger partial charge is 0.325 e. The summed E-state index contributed by atoms with van der Waals surface area (Å²) in [5.41, 5.74) is 1.71. The van der Waals surface area contributed by atoms with Gasteiger partial charge in [-0.25, -0.2) is 4.79 Å². The predicted molar refractivity (Wildman–Crippen MR) is 86.0 cm³/mol. The van der Waals surface area contributed by atoms with Crippen LogP contribution in [0.1, 0.15) is 41.8 Å². The number of urea groups is 1. The van der Waals surface area contributed by atoms with Crippen molar-refractivity contribution in [3.05, 3.63) is 52.9 Å². The Morgan fingerprint density at radius 1 is 1.29 bits per heavy atom. The number of benzene rings is 1. The first-order valence-corrected chi connectivity index (χ1v) is 8.25. The maximum atomic E-state index is 13.2. The number of rotatable bonds is 2. The first-order chi connectivity index (χ1) is 11.6. The predicted octanol–water partition coefficient (Wildman–Crippen LogP) is 2.66. The van der Waals surface area contributed by atoms with E-state index in [0.717, 1.165) is 30.4 Å². The monoisotopic (exact) mass is 325 g/mol. The average molecular weight is 325 g/mol. The molecule has 0 unspecified atom stereocenters. The highest BCUT2D eigenvalue weighted by atomic mass is 16.5. The highest BCUT2D eigenvalue weighted by Crippen LogP contribution is 2.39. The third kappa shape index (κ3) is 2.21. The van der Waals surface area contributed by atoms with Gasteiger partial charge in [-0.15, -0.1) is 0 Å². The summed E-state index contributed by atoms with van der Waals surface area (Å²) >= 11 is 0. The molecular formula is C18H19N3O3. The van der Waals surface area contributed by atoms with Crippen LogP contribution >= 0.6 is 0 Å². The van der Waals surface area contributed by atoms with E-state index in [-0.39, 0.29) is 18.5 Å². The molecule has 1 aromatic heterocycles. The molecule has 0 saturated carbocycles. The fourth-order valence-corrected chi connectivity index (χ4v) is 3.77. The summed E-state index contributed by atoms with van der Waals surface area (Å²) in [6.07, 6.45) is 3.48. The van der Waals surface area contributed by atoms with Gasteiger partial charge in [-0.05, 0) is 43.7 Å². The number of nitrogens with zero attached hydrogens (tertiary/aromatic N) is 2. The molecule has 6 nitrogen and oxygen atoms in total. The van der Waals surface area contributed by atoms with Gasteiger partial charge in [-0.1, -0.05) is 29.4 Å². The van der Waals surface area contributed by atoms with E-state index in [1.54, 1.807) is 13.0 Å². The molecule has 1 aliphatic carbocycles. The van der Waals surface area contributed by atoms with E-state index in [2.05, 4.69) is 10.5 Å². The lowest BCUT2D eigenvalue weighted by Crippen LogP contribution is -2.44. The van der Waals surface area contributed by atoms with Gasteiger partial charge in [0.1, 0.15) is 17.0 Å². The molecule has 6 heteroatoms. The molecule has 2 heterocycles. The highest BCUT2D eigenvalue weighted by Gasteiger charge is 2.53. The number of imide groups is 1. The minimum Gasteiger partial charge on any atom is -0.361 e. The lowest BCUT2D eigenvalue weighted by molar-refractivity contribution is -0.132. The summed E-state index contributed by atoms with van der Waals surface area (Å²) in [7, 11) is 0. The molecule has 1 fully saturated rings.